The van der Waals surface area contributed by atoms with Crippen molar-refractivity contribution in [1.29, 1.82) is 0 Å². The zero-order valence-electron chi connectivity index (χ0n) is 36.2. The van der Waals surface area contributed by atoms with Crippen LogP contribution in [0.1, 0.15) is 180 Å². The third kappa shape index (κ3) is 19.6. The molecule has 2 aromatic rings. The first kappa shape index (κ1) is 50.3. The summed E-state index contributed by atoms with van der Waals surface area (Å²) in [4.78, 5) is 66.3. The van der Waals surface area contributed by atoms with Gasteiger partial charge in [-0.2, -0.15) is 4.39 Å². The number of aliphatic hydroxyl groups excluding tert-OH is 1. The molecule has 0 saturated carbocycles. The summed E-state index contributed by atoms with van der Waals surface area (Å²) in [6.07, 6.45) is 17.7. The smallest absolute Gasteiger partial charge is 0.407 e. The normalized spacial score (nSPS) is 18.8. The van der Waals surface area contributed by atoms with Gasteiger partial charge < -0.3 is 29.4 Å². The van der Waals surface area contributed by atoms with Crippen LogP contribution in [0, 0.1) is 5.82 Å². The lowest BCUT2D eigenvalue weighted by Gasteiger charge is -2.44. The number of halogens is 1. The highest BCUT2D eigenvalue weighted by molar-refractivity contribution is 5.70. The van der Waals surface area contributed by atoms with E-state index in [-0.39, 0.29) is 19.4 Å². The maximum Gasteiger partial charge on any atom is 0.407 e. The lowest BCUT2D eigenvalue weighted by Crippen LogP contribution is -2.64. The average molecular weight is 846 g/mol. The highest BCUT2D eigenvalue weighted by atomic mass is 19.1. The summed E-state index contributed by atoms with van der Waals surface area (Å²) in [6.45, 7) is 3.78. The fourth-order valence-electron chi connectivity index (χ4n) is 7.48. The molecule has 1 saturated heterocycles. The van der Waals surface area contributed by atoms with Crippen LogP contribution in [0.2, 0.25) is 0 Å². The Bertz CT molecular complexity index is 1620. The number of hydrogen-bond donors (Lipinski definition) is 3. The number of carbonyl (C=O) groups is 3. The van der Waals surface area contributed by atoms with Gasteiger partial charge in [0.25, 0.3) is 5.56 Å². The molecule has 1 aliphatic rings. The van der Waals surface area contributed by atoms with Gasteiger partial charge in [0, 0.05) is 12.8 Å². The summed E-state index contributed by atoms with van der Waals surface area (Å²) in [5, 5.41) is 14.2. The summed E-state index contributed by atoms with van der Waals surface area (Å²) < 4.78 is 38.2. The molecule has 0 spiro atoms. The van der Waals surface area contributed by atoms with Crippen molar-refractivity contribution in [2.24, 2.45) is 0 Å². The van der Waals surface area contributed by atoms with Crippen molar-refractivity contribution in [2.45, 2.75) is 205 Å². The molecule has 1 fully saturated rings. The molecule has 5 atom stereocenters. The zero-order valence-corrected chi connectivity index (χ0v) is 36.2. The standard InChI is InChI=1S/C46H72FN3O10/c1-3-5-7-9-11-13-15-17-19-21-26-30-38(51)57-34-37-41(53)42(60-39(52)31-27-22-20-18-16-14-12-10-8-6-4-2)40(48-46(56)58-33-35-28-24-23-25-29-35)44(59-37)50-32-36(47)43(54)49-45(50)55/h23-25,28-29,32,37,40-42,44,53H,3-22,26-27,30-31,33-34H2,1-2H3,(H,48,56)(H,49,54,55). The number of benzene rings is 1. The predicted molar refractivity (Wildman–Crippen MR) is 228 cm³/mol. The van der Waals surface area contributed by atoms with Crippen molar-refractivity contribution < 1.29 is 42.8 Å². The number of carbonyl (C=O) groups excluding carboxylic acids is 3. The molecule has 1 aromatic carbocycles. The van der Waals surface area contributed by atoms with Crippen LogP contribution >= 0.6 is 0 Å². The molecule has 338 valence electrons. The maximum atomic E-state index is 14.7. The minimum Gasteiger partial charge on any atom is -0.463 e. The number of nitrogens with one attached hydrogen (secondary N) is 2. The van der Waals surface area contributed by atoms with Gasteiger partial charge in [-0.3, -0.25) is 23.9 Å². The van der Waals surface area contributed by atoms with Crippen LogP contribution in [0.25, 0.3) is 0 Å². The Morgan fingerprint density at radius 2 is 1.23 bits per heavy atom. The fourth-order valence-corrected chi connectivity index (χ4v) is 7.48. The van der Waals surface area contributed by atoms with Crippen LogP contribution in [0.3, 0.4) is 0 Å². The van der Waals surface area contributed by atoms with Crippen molar-refractivity contribution in [2.75, 3.05) is 6.61 Å². The molecule has 13 nitrogen and oxygen atoms in total. The number of ether oxygens (including phenoxy) is 4. The van der Waals surface area contributed by atoms with Gasteiger partial charge in [-0.1, -0.05) is 173 Å². The van der Waals surface area contributed by atoms with Crippen LogP contribution in [0.5, 0.6) is 0 Å². The molecule has 0 bridgehead atoms. The molecule has 3 N–H and O–H groups in total. The second kappa shape index (κ2) is 30.1. The first-order valence-electron chi connectivity index (χ1n) is 22.8. The van der Waals surface area contributed by atoms with Crippen LogP contribution in [0.4, 0.5) is 9.18 Å². The Labute approximate surface area is 355 Å². The van der Waals surface area contributed by atoms with E-state index >= 15 is 0 Å². The van der Waals surface area contributed by atoms with Gasteiger partial charge in [-0.15, -0.1) is 0 Å². The van der Waals surface area contributed by atoms with E-state index in [1.54, 1.807) is 30.3 Å². The van der Waals surface area contributed by atoms with Gasteiger partial charge >= 0.3 is 23.7 Å². The number of hydrogen-bond acceptors (Lipinski definition) is 10. The zero-order chi connectivity index (χ0) is 43.4. The molecular weight excluding hydrogens is 774 g/mol. The Balaban J connectivity index is 1.67. The van der Waals surface area contributed by atoms with Gasteiger partial charge in [0.05, 0.1) is 6.20 Å². The molecule has 60 heavy (non-hydrogen) atoms. The van der Waals surface area contributed by atoms with Gasteiger partial charge in [-0.05, 0) is 18.4 Å². The number of nitrogens with zero attached hydrogens (tertiary/aromatic N) is 1. The highest BCUT2D eigenvalue weighted by Gasteiger charge is 2.50. The number of alkyl carbamates (subject to hydrolysis) is 1. The topological polar surface area (TPSA) is 175 Å². The van der Waals surface area contributed by atoms with E-state index in [1.807, 2.05) is 4.98 Å². The Morgan fingerprint density at radius 3 is 1.77 bits per heavy atom. The molecule has 1 amide bonds. The molecule has 1 aromatic heterocycles. The van der Waals surface area contributed by atoms with Gasteiger partial charge in [0.2, 0.25) is 5.82 Å². The third-order valence-electron chi connectivity index (χ3n) is 11.0. The number of aliphatic hydroxyl groups is 1. The molecule has 2 heterocycles. The monoisotopic (exact) mass is 846 g/mol. The number of H-pyrrole nitrogens is 1. The molecule has 14 heteroatoms. The molecule has 0 radical (unpaired) electrons. The van der Waals surface area contributed by atoms with E-state index < -0.39 is 72.3 Å². The van der Waals surface area contributed by atoms with Gasteiger partial charge in [-0.25, -0.2) is 9.59 Å². The summed E-state index contributed by atoms with van der Waals surface area (Å²) in [5.41, 5.74) is -1.69. The Kier molecular flexibility index (Phi) is 25.2. The molecule has 0 aliphatic carbocycles. The molecule has 3 rings (SSSR count). The lowest BCUT2D eigenvalue weighted by atomic mass is 9.95. The number of aromatic nitrogens is 2. The number of unbranched alkanes of at least 4 members (excludes halogenated alkanes) is 20. The molecule has 1 aliphatic heterocycles. The minimum atomic E-state index is -1.67. The second-order valence-electron chi connectivity index (χ2n) is 16.1. The first-order valence-corrected chi connectivity index (χ1v) is 22.8. The van der Waals surface area contributed by atoms with Crippen LogP contribution < -0.4 is 16.6 Å². The van der Waals surface area contributed by atoms with Crippen molar-refractivity contribution in [1.82, 2.24) is 14.9 Å². The Hall–Kier alpha value is -4.04. The van der Waals surface area contributed by atoms with Crippen molar-refractivity contribution in [3.05, 3.63) is 68.7 Å². The van der Waals surface area contributed by atoms with Crippen molar-refractivity contribution in [3.8, 4) is 0 Å². The van der Waals surface area contributed by atoms with Crippen LogP contribution in [0.15, 0.2) is 46.1 Å². The number of aromatic amines is 1. The number of amides is 1. The fraction of sp³-hybridized carbons (Fsp3) is 0.717. The predicted octanol–water partition coefficient (Wildman–Crippen LogP) is 9.09. The molecule has 5 unspecified atom stereocenters. The number of esters is 2. The number of rotatable bonds is 31. The maximum absolute atomic E-state index is 14.7. The average Bonchev–Trinajstić information content (AvgIpc) is 3.24. The summed E-state index contributed by atoms with van der Waals surface area (Å²) in [5.74, 6) is -2.53. The summed E-state index contributed by atoms with van der Waals surface area (Å²) >= 11 is 0. The van der Waals surface area contributed by atoms with Crippen molar-refractivity contribution in [3.63, 3.8) is 0 Å². The summed E-state index contributed by atoms with van der Waals surface area (Å²) in [7, 11) is 0. The van der Waals surface area contributed by atoms with Gasteiger partial charge in [0.1, 0.15) is 31.5 Å². The summed E-state index contributed by atoms with van der Waals surface area (Å²) in [6, 6.07) is 7.31. The Morgan fingerprint density at radius 1 is 0.733 bits per heavy atom. The van der Waals surface area contributed by atoms with E-state index in [0.717, 1.165) is 44.9 Å². The van der Waals surface area contributed by atoms with Crippen molar-refractivity contribution >= 4 is 18.0 Å². The van der Waals surface area contributed by atoms with Crippen LogP contribution in [-0.4, -0.2) is 63.7 Å². The van der Waals surface area contributed by atoms with Crippen LogP contribution in [-0.2, 0) is 35.1 Å². The van der Waals surface area contributed by atoms with E-state index in [2.05, 4.69) is 19.2 Å². The first-order chi connectivity index (χ1) is 29.1. The van der Waals surface area contributed by atoms with E-state index in [1.165, 1.54) is 83.5 Å². The minimum absolute atomic E-state index is 0.0166. The van der Waals surface area contributed by atoms with Gasteiger partial charge in [0.15, 0.2) is 12.3 Å². The molecular formula is C46H72FN3O10. The third-order valence-corrected chi connectivity index (χ3v) is 11.0. The highest BCUT2D eigenvalue weighted by Crippen LogP contribution is 2.31. The van der Waals surface area contributed by atoms with E-state index in [4.69, 9.17) is 18.9 Å². The SMILES string of the molecule is CCCCCCCCCCCCCC(=O)OCC1OC(n2cc(F)c(=O)[nH]c2=O)C(NC(=O)OCc2ccccc2)C(OC(=O)CCCCCCCCCCCCC)C1O. The van der Waals surface area contributed by atoms with E-state index in [0.29, 0.717) is 29.2 Å². The second-order valence-corrected chi connectivity index (χ2v) is 16.1. The quantitative estimate of drug-likeness (QED) is 0.0377. The van der Waals surface area contributed by atoms with E-state index in [9.17, 15) is 33.5 Å². The largest absolute Gasteiger partial charge is 0.463 e. The lowest BCUT2D eigenvalue weighted by molar-refractivity contribution is -0.230.